The highest BCUT2D eigenvalue weighted by molar-refractivity contribution is 6.31. The molecular weight excluding hydrogens is 574 g/mol. The molecule has 9 heteroatoms. The normalized spacial score (nSPS) is 16.5. The van der Waals surface area contributed by atoms with E-state index in [2.05, 4.69) is 42.0 Å². The summed E-state index contributed by atoms with van der Waals surface area (Å²) < 4.78 is 7.69. The van der Waals surface area contributed by atoms with Crippen LogP contribution in [0.3, 0.4) is 0 Å². The lowest BCUT2D eigenvalue weighted by atomic mass is 9.72. The van der Waals surface area contributed by atoms with E-state index in [9.17, 15) is 9.59 Å². The second-order valence-corrected chi connectivity index (χ2v) is 13.8. The van der Waals surface area contributed by atoms with E-state index >= 15 is 0 Å². The molecule has 1 aliphatic heterocycles. The lowest BCUT2D eigenvalue weighted by Gasteiger charge is -2.33. The number of hydrogen-bond acceptors (Lipinski definition) is 6. The summed E-state index contributed by atoms with van der Waals surface area (Å²) in [4.78, 5) is 31.0. The van der Waals surface area contributed by atoms with Crippen molar-refractivity contribution in [2.75, 3.05) is 26.2 Å². The number of amides is 1. The molecule has 8 nitrogen and oxygen atoms in total. The molecule has 1 saturated heterocycles. The predicted molar refractivity (Wildman–Crippen MR) is 174 cm³/mol. The number of carbonyl (C=O) groups is 2. The lowest BCUT2D eigenvalue weighted by molar-refractivity contribution is -0.157. The van der Waals surface area contributed by atoms with E-state index in [4.69, 9.17) is 16.3 Å². The first-order valence-electron chi connectivity index (χ1n) is 15.8. The summed E-state index contributed by atoms with van der Waals surface area (Å²) in [5.74, 6) is -0.267. The Balaban J connectivity index is 1.60. The second kappa shape index (κ2) is 14.7. The van der Waals surface area contributed by atoms with E-state index in [1.54, 1.807) is 0 Å². The third kappa shape index (κ3) is 8.69. The van der Waals surface area contributed by atoms with Gasteiger partial charge in [-0.15, -0.1) is 5.10 Å². The molecule has 1 atom stereocenters. The maximum atomic E-state index is 13.7. The molecule has 2 heterocycles. The van der Waals surface area contributed by atoms with Crippen molar-refractivity contribution in [1.82, 2.24) is 24.8 Å². The highest BCUT2D eigenvalue weighted by Crippen LogP contribution is 2.41. The van der Waals surface area contributed by atoms with Crippen molar-refractivity contribution in [3.63, 3.8) is 0 Å². The van der Waals surface area contributed by atoms with Crippen LogP contribution in [-0.2, 0) is 40.4 Å². The molecule has 1 fully saturated rings. The molecule has 44 heavy (non-hydrogen) atoms. The van der Waals surface area contributed by atoms with E-state index in [-0.39, 0.29) is 29.8 Å². The maximum Gasteiger partial charge on any atom is 0.312 e. The highest BCUT2D eigenvalue weighted by atomic mass is 35.5. The van der Waals surface area contributed by atoms with Gasteiger partial charge in [0.1, 0.15) is 6.61 Å². The summed E-state index contributed by atoms with van der Waals surface area (Å²) >= 11 is 6.80. The van der Waals surface area contributed by atoms with Crippen LogP contribution in [0.25, 0.3) is 0 Å². The minimum Gasteiger partial charge on any atom is -0.460 e. The van der Waals surface area contributed by atoms with Crippen molar-refractivity contribution in [2.45, 2.75) is 86.4 Å². The number of carbonyl (C=O) groups excluding carboxylic acids is 2. The average molecular weight is 622 g/mol. The maximum absolute atomic E-state index is 13.7. The number of halogens is 1. The SMILES string of the molecule is CCCN1CC(C)(C)CN(Cc2cc(C(CCc3cn(CC)nn3)C(C)(C)C(=O)OCc3ccccc3)ccc2Cl)CC1=O. The van der Waals surface area contributed by atoms with Gasteiger partial charge in [0.05, 0.1) is 17.7 Å². The Labute approximate surface area is 267 Å². The number of nitrogens with zero attached hydrogens (tertiary/aromatic N) is 5. The van der Waals surface area contributed by atoms with E-state index in [1.807, 2.05) is 79.0 Å². The smallest absolute Gasteiger partial charge is 0.312 e. The van der Waals surface area contributed by atoms with Crippen molar-refractivity contribution in [3.8, 4) is 0 Å². The average Bonchev–Trinajstić information content (AvgIpc) is 3.41. The first kappa shape index (κ1) is 33.7. The van der Waals surface area contributed by atoms with Crippen LogP contribution in [0, 0.1) is 10.8 Å². The van der Waals surface area contributed by atoms with E-state index in [0.717, 1.165) is 55.0 Å². The van der Waals surface area contributed by atoms with Gasteiger partial charge >= 0.3 is 5.97 Å². The third-order valence-electron chi connectivity index (χ3n) is 8.55. The number of hydrogen-bond donors (Lipinski definition) is 0. The van der Waals surface area contributed by atoms with Crippen LogP contribution in [0.2, 0.25) is 5.02 Å². The van der Waals surface area contributed by atoms with Gasteiger partial charge in [-0.25, -0.2) is 0 Å². The van der Waals surface area contributed by atoms with Crippen LogP contribution in [0.15, 0.2) is 54.7 Å². The molecule has 0 aliphatic carbocycles. The highest BCUT2D eigenvalue weighted by Gasteiger charge is 2.40. The molecule has 1 unspecified atom stereocenters. The molecule has 1 aliphatic rings. The fraction of sp³-hybridized carbons (Fsp3) is 0.543. The van der Waals surface area contributed by atoms with Crippen LogP contribution in [0.1, 0.15) is 82.7 Å². The fourth-order valence-corrected chi connectivity index (χ4v) is 6.44. The number of ether oxygens (including phenoxy) is 1. The minimum atomic E-state index is -0.832. The number of benzene rings is 2. The molecule has 2 aromatic carbocycles. The van der Waals surface area contributed by atoms with Gasteiger partial charge in [0, 0.05) is 43.9 Å². The first-order chi connectivity index (χ1) is 20.9. The van der Waals surface area contributed by atoms with Crippen molar-refractivity contribution in [2.24, 2.45) is 10.8 Å². The number of aryl methyl sites for hydroxylation is 2. The largest absolute Gasteiger partial charge is 0.460 e. The van der Waals surface area contributed by atoms with Crippen LogP contribution >= 0.6 is 11.6 Å². The number of aromatic nitrogens is 3. The Bertz CT molecular complexity index is 1400. The monoisotopic (exact) mass is 621 g/mol. The van der Waals surface area contributed by atoms with Crippen molar-refractivity contribution in [3.05, 3.63) is 82.1 Å². The van der Waals surface area contributed by atoms with Gasteiger partial charge in [-0.05, 0) is 74.1 Å². The fourth-order valence-electron chi connectivity index (χ4n) is 6.26. The van der Waals surface area contributed by atoms with Crippen LogP contribution < -0.4 is 0 Å². The molecule has 4 rings (SSSR count). The van der Waals surface area contributed by atoms with Gasteiger partial charge < -0.3 is 9.64 Å². The molecular formula is C35H48ClN5O3. The van der Waals surface area contributed by atoms with Gasteiger partial charge in [0.2, 0.25) is 5.91 Å². The summed E-state index contributed by atoms with van der Waals surface area (Å²) in [6.07, 6.45) is 4.25. The molecule has 0 radical (unpaired) electrons. The zero-order valence-corrected chi connectivity index (χ0v) is 27.9. The Morgan fingerprint density at radius 2 is 1.86 bits per heavy atom. The van der Waals surface area contributed by atoms with Crippen LogP contribution in [0.5, 0.6) is 0 Å². The van der Waals surface area contributed by atoms with Gasteiger partial charge in [-0.3, -0.25) is 19.2 Å². The summed E-state index contributed by atoms with van der Waals surface area (Å²) in [6.45, 7) is 16.7. The summed E-state index contributed by atoms with van der Waals surface area (Å²) in [5, 5.41) is 9.20. The van der Waals surface area contributed by atoms with Crippen LogP contribution in [-0.4, -0.2) is 62.8 Å². The molecule has 238 valence electrons. The molecule has 3 aromatic rings. The van der Waals surface area contributed by atoms with Crippen molar-refractivity contribution < 1.29 is 14.3 Å². The minimum absolute atomic E-state index is 0.0472. The van der Waals surface area contributed by atoms with Gasteiger partial charge in [0.15, 0.2) is 0 Å². The van der Waals surface area contributed by atoms with Gasteiger partial charge in [0.25, 0.3) is 0 Å². The standard InChI is InChI=1S/C35H48ClN5O3/c1-7-18-40-25-34(3,4)24-39(22-32(40)42)20-28-19-27(14-17-31(28)36)30(16-15-29-21-41(8-2)38-37-29)35(5,6)33(43)44-23-26-12-10-9-11-13-26/h9-14,17,19,21,30H,7-8,15-16,18,20,22-25H2,1-6H3. The summed E-state index contributed by atoms with van der Waals surface area (Å²) in [7, 11) is 0. The Morgan fingerprint density at radius 1 is 1.11 bits per heavy atom. The first-order valence-corrected chi connectivity index (χ1v) is 16.2. The van der Waals surface area contributed by atoms with Gasteiger partial charge in [-0.2, -0.15) is 0 Å². The second-order valence-electron chi connectivity index (χ2n) is 13.4. The molecule has 0 N–H and O–H groups in total. The lowest BCUT2D eigenvalue weighted by Crippen LogP contribution is -2.38. The van der Waals surface area contributed by atoms with E-state index in [1.165, 1.54) is 0 Å². The predicted octanol–water partition coefficient (Wildman–Crippen LogP) is 6.52. The van der Waals surface area contributed by atoms with E-state index < -0.39 is 5.41 Å². The molecule has 0 bridgehead atoms. The summed E-state index contributed by atoms with van der Waals surface area (Å²) in [6, 6.07) is 15.8. The van der Waals surface area contributed by atoms with Gasteiger partial charge in [-0.1, -0.05) is 80.1 Å². The molecule has 0 spiro atoms. The zero-order valence-electron chi connectivity index (χ0n) is 27.2. The zero-order chi connectivity index (χ0) is 31.9. The Morgan fingerprint density at radius 3 is 2.55 bits per heavy atom. The van der Waals surface area contributed by atoms with Crippen molar-refractivity contribution in [1.29, 1.82) is 0 Å². The van der Waals surface area contributed by atoms with Crippen LogP contribution in [0.4, 0.5) is 0 Å². The van der Waals surface area contributed by atoms with Crippen molar-refractivity contribution >= 4 is 23.5 Å². The Hall–Kier alpha value is -3.23. The number of esters is 1. The Kier molecular flexibility index (Phi) is 11.2. The number of rotatable bonds is 13. The molecule has 1 amide bonds. The summed E-state index contributed by atoms with van der Waals surface area (Å²) in [5.41, 5.74) is 2.93. The quantitative estimate of drug-likeness (QED) is 0.202. The van der Waals surface area contributed by atoms with E-state index in [0.29, 0.717) is 31.0 Å². The molecule has 1 aromatic heterocycles. The topological polar surface area (TPSA) is 80.6 Å². The molecule has 0 saturated carbocycles. The third-order valence-corrected chi connectivity index (χ3v) is 8.92.